The van der Waals surface area contributed by atoms with E-state index in [-0.39, 0.29) is 16.4 Å². The molecule has 1 aliphatic heterocycles. The second-order valence-corrected chi connectivity index (χ2v) is 9.14. The minimum atomic E-state index is -3.48. The monoisotopic (exact) mass is 422 g/mol. The molecule has 1 fully saturated rings. The van der Waals surface area contributed by atoms with Gasteiger partial charge < -0.3 is 9.80 Å². The summed E-state index contributed by atoms with van der Waals surface area (Å²) < 4.78 is 24.1. The molecule has 0 aliphatic carbocycles. The van der Waals surface area contributed by atoms with Crippen LogP contribution in [0.4, 0.5) is 5.82 Å². The van der Waals surface area contributed by atoms with E-state index in [0.717, 1.165) is 17.6 Å². The number of aromatic nitrogens is 2. The summed E-state index contributed by atoms with van der Waals surface area (Å²) in [6.45, 7) is 2.19. The average molecular weight is 423 g/mol. The van der Waals surface area contributed by atoms with Crippen molar-refractivity contribution in [3.63, 3.8) is 0 Å². The maximum Gasteiger partial charge on any atom is 0.255 e. The Hall–Kier alpha value is -3.26. The molecular weight excluding hydrogens is 400 g/mol. The van der Waals surface area contributed by atoms with Crippen molar-refractivity contribution in [3.05, 3.63) is 72.4 Å². The molecule has 1 aliphatic rings. The third kappa shape index (κ3) is 4.18. The first kappa shape index (κ1) is 20.0. The lowest BCUT2D eigenvalue weighted by molar-refractivity contribution is 0.0742. The van der Waals surface area contributed by atoms with Gasteiger partial charge >= 0.3 is 0 Å². The Morgan fingerprint density at radius 2 is 1.57 bits per heavy atom. The van der Waals surface area contributed by atoms with Crippen LogP contribution in [0.3, 0.4) is 0 Å². The number of sulfone groups is 1. The predicted molar refractivity (Wildman–Crippen MR) is 115 cm³/mol. The highest BCUT2D eigenvalue weighted by atomic mass is 32.2. The molecule has 1 aromatic heterocycles. The van der Waals surface area contributed by atoms with Crippen molar-refractivity contribution < 1.29 is 13.2 Å². The molecule has 154 valence electrons. The number of carbonyl (C=O) groups excluding carboxylic acids is 1. The maximum absolute atomic E-state index is 13.0. The number of carbonyl (C=O) groups is 1. The molecule has 0 saturated carbocycles. The van der Waals surface area contributed by atoms with Crippen molar-refractivity contribution >= 4 is 21.6 Å². The van der Waals surface area contributed by atoms with Gasteiger partial charge in [-0.1, -0.05) is 42.5 Å². The van der Waals surface area contributed by atoms with Crippen LogP contribution in [0.15, 0.2) is 71.8 Å². The molecule has 3 aromatic rings. The molecule has 0 radical (unpaired) electrons. The summed E-state index contributed by atoms with van der Waals surface area (Å²) in [4.78, 5) is 25.9. The molecule has 7 nitrogen and oxygen atoms in total. The molecule has 0 spiro atoms. The van der Waals surface area contributed by atoms with Crippen LogP contribution in [0.5, 0.6) is 0 Å². The van der Waals surface area contributed by atoms with Gasteiger partial charge in [0.2, 0.25) is 0 Å². The van der Waals surface area contributed by atoms with Crippen molar-refractivity contribution in [3.8, 4) is 11.4 Å². The maximum atomic E-state index is 13.0. The van der Waals surface area contributed by atoms with Gasteiger partial charge in [-0.3, -0.25) is 4.79 Å². The SMILES string of the molecule is CS(=O)(=O)c1ccccc1C(=O)N1CCN(c2ccnc(-c3ccccc3)n2)CC1. The number of anilines is 1. The third-order valence-electron chi connectivity index (χ3n) is 5.08. The minimum Gasteiger partial charge on any atom is -0.353 e. The Morgan fingerprint density at radius 1 is 0.900 bits per heavy atom. The lowest BCUT2D eigenvalue weighted by atomic mass is 10.1. The second kappa shape index (κ2) is 8.23. The standard InChI is InChI=1S/C22H22N4O3S/c1-30(28,29)19-10-6-5-9-18(19)22(27)26-15-13-25(14-16-26)20-11-12-23-21(24-20)17-7-3-2-4-8-17/h2-12H,13-16H2,1H3. The zero-order valence-corrected chi connectivity index (χ0v) is 17.4. The Labute approximate surface area is 175 Å². The largest absolute Gasteiger partial charge is 0.353 e. The van der Waals surface area contributed by atoms with Crippen LogP contribution < -0.4 is 4.90 Å². The first-order valence-electron chi connectivity index (χ1n) is 9.65. The molecule has 0 atom stereocenters. The lowest BCUT2D eigenvalue weighted by Crippen LogP contribution is -2.49. The number of hydrogen-bond donors (Lipinski definition) is 0. The fourth-order valence-corrected chi connectivity index (χ4v) is 4.41. The molecule has 1 amide bonds. The van der Waals surface area contributed by atoms with E-state index in [2.05, 4.69) is 14.9 Å². The van der Waals surface area contributed by atoms with Gasteiger partial charge in [0.1, 0.15) is 5.82 Å². The van der Waals surface area contributed by atoms with Crippen molar-refractivity contribution in [1.82, 2.24) is 14.9 Å². The van der Waals surface area contributed by atoms with Crippen LogP contribution in [-0.2, 0) is 9.84 Å². The fraction of sp³-hybridized carbons (Fsp3) is 0.227. The van der Waals surface area contributed by atoms with Crippen LogP contribution in [0, 0.1) is 0 Å². The van der Waals surface area contributed by atoms with Crippen LogP contribution in [-0.4, -0.2) is 61.6 Å². The number of benzene rings is 2. The zero-order valence-electron chi connectivity index (χ0n) is 16.6. The van der Waals surface area contributed by atoms with Crippen molar-refractivity contribution in [1.29, 1.82) is 0 Å². The van der Waals surface area contributed by atoms with Gasteiger partial charge in [-0.05, 0) is 18.2 Å². The molecule has 0 unspecified atom stereocenters. The Kier molecular flexibility index (Phi) is 5.50. The Morgan fingerprint density at radius 3 is 2.27 bits per heavy atom. The van der Waals surface area contributed by atoms with E-state index < -0.39 is 9.84 Å². The first-order valence-corrected chi connectivity index (χ1v) is 11.5. The first-order chi connectivity index (χ1) is 14.4. The number of rotatable bonds is 4. The molecule has 0 N–H and O–H groups in total. The van der Waals surface area contributed by atoms with Crippen molar-refractivity contribution in [2.75, 3.05) is 37.3 Å². The molecule has 30 heavy (non-hydrogen) atoms. The molecular formula is C22H22N4O3S. The summed E-state index contributed by atoms with van der Waals surface area (Å²) in [6.07, 6.45) is 2.86. The second-order valence-electron chi connectivity index (χ2n) is 7.15. The number of hydrogen-bond acceptors (Lipinski definition) is 6. The molecule has 2 aromatic carbocycles. The highest BCUT2D eigenvalue weighted by Crippen LogP contribution is 2.21. The average Bonchev–Trinajstić information content (AvgIpc) is 2.79. The minimum absolute atomic E-state index is 0.0701. The van der Waals surface area contributed by atoms with E-state index in [0.29, 0.717) is 32.0 Å². The van der Waals surface area contributed by atoms with Crippen LogP contribution in [0.2, 0.25) is 0 Å². The van der Waals surface area contributed by atoms with Gasteiger partial charge in [0.05, 0.1) is 10.5 Å². The summed E-state index contributed by atoms with van der Waals surface area (Å²) in [5.41, 5.74) is 1.17. The number of amides is 1. The van der Waals surface area contributed by atoms with Crippen LogP contribution >= 0.6 is 0 Å². The van der Waals surface area contributed by atoms with Gasteiger partial charge in [-0.2, -0.15) is 0 Å². The Balaban J connectivity index is 1.48. The van der Waals surface area contributed by atoms with Gasteiger partial charge in [-0.25, -0.2) is 18.4 Å². The fourth-order valence-electron chi connectivity index (χ4n) is 3.53. The summed E-state index contributed by atoms with van der Waals surface area (Å²) in [5.74, 6) is 1.21. The molecule has 1 saturated heterocycles. The highest BCUT2D eigenvalue weighted by molar-refractivity contribution is 7.90. The topological polar surface area (TPSA) is 83.5 Å². The quantitative estimate of drug-likeness (QED) is 0.642. The summed E-state index contributed by atoms with van der Waals surface area (Å²) >= 11 is 0. The highest BCUT2D eigenvalue weighted by Gasteiger charge is 2.26. The lowest BCUT2D eigenvalue weighted by Gasteiger charge is -2.35. The van der Waals surface area contributed by atoms with E-state index in [1.165, 1.54) is 6.07 Å². The molecule has 2 heterocycles. The van der Waals surface area contributed by atoms with E-state index in [1.807, 2.05) is 36.4 Å². The van der Waals surface area contributed by atoms with Crippen molar-refractivity contribution in [2.24, 2.45) is 0 Å². The van der Waals surface area contributed by atoms with Gasteiger partial charge in [0.15, 0.2) is 15.7 Å². The summed E-state index contributed by atoms with van der Waals surface area (Å²) in [5, 5.41) is 0. The third-order valence-corrected chi connectivity index (χ3v) is 6.24. The van der Waals surface area contributed by atoms with Gasteiger partial charge in [-0.15, -0.1) is 0 Å². The zero-order chi connectivity index (χ0) is 21.1. The predicted octanol–water partition coefficient (Wildman–Crippen LogP) is 2.51. The Bertz CT molecular complexity index is 1160. The van der Waals surface area contributed by atoms with E-state index in [9.17, 15) is 13.2 Å². The molecule has 4 rings (SSSR count). The van der Waals surface area contributed by atoms with Crippen LogP contribution in [0.25, 0.3) is 11.4 Å². The van der Waals surface area contributed by atoms with E-state index in [4.69, 9.17) is 0 Å². The summed E-state index contributed by atoms with van der Waals surface area (Å²) in [7, 11) is -3.48. The van der Waals surface area contributed by atoms with Gasteiger partial charge in [0.25, 0.3) is 5.91 Å². The molecule has 8 heteroatoms. The molecule has 0 bridgehead atoms. The van der Waals surface area contributed by atoms with Crippen molar-refractivity contribution in [2.45, 2.75) is 4.90 Å². The van der Waals surface area contributed by atoms with E-state index >= 15 is 0 Å². The van der Waals surface area contributed by atoms with E-state index in [1.54, 1.807) is 29.3 Å². The number of nitrogens with zero attached hydrogens (tertiary/aromatic N) is 4. The smallest absolute Gasteiger partial charge is 0.255 e. The van der Waals surface area contributed by atoms with Gasteiger partial charge in [0, 0.05) is 44.2 Å². The summed E-state index contributed by atoms with van der Waals surface area (Å²) in [6, 6.07) is 18.0. The number of piperazine rings is 1. The normalized spacial score (nSPS) is 14.6. The van der Waals surface area contributed by atoms with Crippen LogP contribution in [0.1, 0.15) is 10.4 Å².